The zero-order valence-electron chi connectivity index (χ0n) is 17.2. The Balaban J connectivity index is -0.00000192. The Morgan fingerprint density at radius 2 is 0.815 bits per heavy atom. The second-order valence-corrected chi connectivity index (χ2v) is 7.13. The maximum Gasteiger partial charge on any atom is -1.00 e. The first kappa shape index (κ1) is 32.9. The van der Waals surface area contributed by atoms with Crippen molar-refractivity contribution in [3.63, 3.8) is 0 Å². The largest absolute Gasteiger partial charge is 1.00 e. The molecule has 0 bridgehead atoms. The Labute approximate surface area is 195 Å². The molecule has 1 saturated heterocycles. The molecule has 12 heteroatoms. The molecule has 0 aromatic heterocycles. The van der Waals surface area contributed by atoms with E-state index in [-0.39, 0.29) is 62.1 Å². The Morgan fingerprint density at radius 1 is 0.556 bits per heavy atom. The molecular formula is C15H33Cl3N4O4Ti. The molecule has 0 N–H and O–H groups in total. The van der Waals surface area contributed by atoms with Gasteiger partial charge in [0.15, 0.2) is 0 Å². The van der Waals surface area contributed by atoms with Crippen LogP contribution < -0.4 is 37.2 Å². The summed E-state index contributed by atoms with van der Waals surface area (Å²) in [7, 11) is 13.1. The van der Waals surface area contributed by atoms with Gasteiger partial charge in [-0.1, -0.05) is 0 Å². The first-order chi connectivity index (χ1) is 11.4. The first-order valence-electron chi connectivity index (χ1n) is 8.07. The van der Waals surface area contributed by atoms with Crippen molar-refractivity contribution in [1.82, 2.24) is 18.1 Å². The first-order valence-corrected chi connectivity index (χ1v) is 8.77. The van der Waals surface area contributed by atoms with E-state index in [1.807, 2.05) is 0 Å². The number of methoxy groups -OCH3 is 4. The average Bonchev–Trinajstić information content (AvgIpc) is 2.57. The Kier molecular flexibility index (Phi) is 20.7. The molecule has 1 rings (SSSR count). The van der Waals surface area contributed by atoms with E-state index < -0.39 is 0 Å². The summed E-state index contributed by atoms with van der Waals surface area (Å²) in [4.78, 5) is 6.50. The number of ether oxygens (including phenoxy) is 4. The summed E-state index contributed by atoms with van der Waals surface area (Å²) < 4.78 is 24.9. The Hall–Kier alpha value is 1.26. The number of halogens is 3. The van der Waals surface area contributed by atoms with Crippen molar-refractivity contribution < 1.29 is 76.9 Å². The van der Waals surface area contributed by atoms with Crippen molar-refractivity contribution in [2.45, 2.75) is 24.9 Å². The number of hydrogen-bond donors (Lipinski definition) is 0. The van der Waals surface area contributed by atoms with Crippen LogP contribution in [0.25, 0.3) is 0 Å². The SMILES string of the molecule is COC1CN(C)C(OC)C[N]([Ti+3])C(OC)CN(C)C(OC)CN1C.[Cl-].[Cl-].[Cl-]. The predicted octanol–water partition coefficient (Wildman–Crippen LogP) is -9.54. The van der Waals surface area contributed by atoms with Crippen LogP contribution in [0.1, 0.15) is 0 Å². The molecule has 1 heterocycles. The van der Waals surface area contributed by atoms with Crippen molar-refractivity contribution >= 4 is 0 Å². The van der Waals surface area contributed by atoms with Crippen molar-refractivity contribution in [1.29, 1.82) is 0 Å². The van der Waals surface area contributed by atoms with Gasteiger partial charge in [0.2, 0.25) is 0 Å². The third kappa shape index (κ3) is 10.2. The van der Waals surface area contributed by atoms with Gasteiger partial charge in [-0.25, -0.2) is 0 Å². The predicted molar refractivity (Wildman–Crippen MR) is 87.8 cm³/mol. The monoisotopic (exact) mass is 486 g/mol. The molecule has 0 aromatic rings. The molecule has 0 aromatic carbocycles. The van der Waals surface area contributed by atoms with E-state index in [0.717, 1.165) is 26.2 Å². The summed E-state index contributed by atoms with van der Waals surface area (Å²) >= 11 is 2.05. The van der Waals surface area contributed by atoms with Gasteiger partial charge in [0, 0.05) is 0 Å². The molecule has 1 fully saturated rings. The molecule has 1 aliphatic rings. The van der Waals surface area contributed by atoms with E-state index in [4.69, 9.17) is 18.9 Å². The van der Waals surface area contributed by atoms with Gasteiger partial charge < -0.3 is 37.2 Å². The fourth-order valence-electron chi connectivity index (χ4n) is 2.86. The number of nitrogens with zero attached hydrogens (tertiary/aromatic N) is 4. The zero-order valence-corrected chi connectivity index (χ0v) is 21.0. The van der Waals surface area contributed by atoms with Crippen LogP contribution >= 0.6 is 0 Å². The van der Waals surface area contributed by atoms with Crippen LogP contribution in [0.3, 0.4) is 0 Å². The maximum absolute atomic E-state index is 5.68. The molecule has 0 saturated carbocycles. The Morgan fingerprint density at radius 3 is 1.11 bits per heavy atom. The van der Waals surface area contributed by atoms with E-state index in [1.165, 1.54) is 0 Å². The fourth-order valence-corrected chi connectivity index (χ4v) is 3.40. The molecule has 0 radical (unpaired) electrons. The fraction of sp³-hybridized carbons (Fsp3) is 1.00. The minimum atomic E-state index is -0.0401. The summed E-state index contributed by atoms with van der Waals surface area (Å²) in [5.41, 5.74) is 0. The molecule has 0 amide bonds. The van der Waals surface area contributed by atoms with Gasteiger partial charge in [-0.3, -0.25) is 0 Å². The molecule has 8 nitrogen and oxygen atoms in total. The molecule has 162 valence electrons. The van der Waals surface area contributed by atoms with Crippen LogP contribution in [0.15, 0.2) is 0 Å². The van der Waals surface area contributed by atoms with Crippen molar-refractivity contribution in [3.05, 3.63) is 0 Å². The summed E-state index contributed by atoms with van der Waals surface area (Å²) in [6.45, 7) is 2.93. The van der Waals surface area contributed by atoms with Gasteiger partial charge in [0.1, 0.15) is 0 Å². The van der Waals surface area contributed by atoms with Crippen molar-refractivity contribution in [3.8, 4) is 0 Å². The minimum Gasteiger partial charge on any atom is -1.00 e. The van der Waals surface area contributed by atoms with Crippen molar-refractivity contribution in [2.75, 3.05) is 75.8 Å². The summed E-state index contributed by atoms with van der Waals surface area (Å²) in [6.07, 6.45) is -0.161. The van der Waals surface area contributed by atoms with Gasteiger partial charge >= 0.3 is 158 Å². The topological polar surface area (TPSA) is 49.9 Å². The molecule has 4 unspecified atom stereocenters. The van der Waals surface area contributed by atoms with E-state index in [0.29, 0.717) is 0 Å². The number of rotatable bonds is 4. The quantitative estimate of drug-likeness (QED) is 0.363. The summed E-state index contributed by atoms with van der Waals surface area (Å²) in [5.74, 6) is 0. The molecule has 27 heavy (non-hydrogen) atoms. The van der Waals surface area contributed by atoms with Crippen LogP contribution in [0, 0.1) is 0 Å². The standard InChI is InChI=1S/C15H33N4O4.3ClH.Ti/c1-17-9-12(20-4)16-8-13(21-5)18(2)10-15(23-7)19(3)11-14(17)22-6;;;;/h12-15H,8-11H2,1-7H3;3*1H;/q-1;;;;+4/p-3. The van der Waals surface area contributed by atoms with E-state index >= 15 is 0 Å². The summed E-state index contributed by atoms with van der Waals surface area (Å²) in [6, 6.07) is 0. The zero-order chi connectivity index (χ0) is 18.3. The van der Waals surface area contributed by atoms with E-state index in [9.17, 15) is 0 Å². The second kappa shape index (κ2) is 17.0. The molecule has 0 aliphatic carbocycles. The molecule has 4 atom stereocenters. The van der Waals surface area contributed by atoms with Gasteiger partial charge in [0.05, 0.1) is 0 Å². The third-order valence-electron chi connectivity index (χ3n) is 4.60. The Bertz CT molecular complexity index is 305. The smallest absolute Gasteiger partial charge is 1.00 e. The van der Waals surface area contributed by atoms with Crippen LogP contribution in [-0.4, -0.2) is 119 Å². The van der Waals surface area contributed by atoms with E-state index in [2.05, 4.69) is 59.9 Å². The van der Waals surface area contributed by atoms with Crippen LogP contribution in [-0.2, 0) is 39.6 Å². The van der Waals surface area contributed by atoms with Crippen molar-refractivity contribution in [2.24, 2.45) is 0 Å². The van der Waals surface area contributed by atoms with E-state index in [1.54, 1.807) is 28.4 Å². The minimum absolute atomic E-state index is 0. The van der Waals surface area contributed by atoms with Gasteiger partial charge in [-0.2, -0.15) is 0 Å². The number of likely N-dealkylation sites (N-methyl/N-ethyl adjacent to an activating group) is 3. The van der Waals surface area contributed by atoms with Gasteiger partial charge in [-0.15, -0.1) is 0 Å². The van der Waals surface area contributed by atoms with Crippen LogP contribution in [0.4, 0.5) is 0 Å². The second-order valence-electron chi connectivity index (χ2n) is 6.23. The molecule has 1 aliphatic heterocycles. The van der Waals surface area contributed by atoms with Crippen LogP contribution in [0.2, 0.25) is 0 Å². The molecular weight excluding hydrogens is 454 g/mol. The third-order valence-corrected chi connectivity index (χ3v) is 5.33. The van der Waals surface area contributed by atoms with Gasteiger partial charge in [0.25, 0.3) is 0 Å². The summed E-state index contributed by atoms with van der Waals surface area (Å²) in [5, 5.41) is 0. The van der Waals surface area contributed by atoms with Gasteiger partial charge in [-0.05, 0) is 0 Å². The van der Waals surface area contributed by atoms with Crippen LogP contribution in [0.5, 0.6) is 0 Å². The average molecular weight is 488 g/mol. The normalized spacial score (nSPS) is 30.3. The number of hydrogen-bond acceptors (Lipinski definition) is 8. The molecule has 0 spiro atoms. The maximum atomic E-state index is 5.68.